The van der Waals surface area contributed by atoms with Crippen LogP contribution < -0.4 is 5.32 Å². The number of piperidine rings is 1. The second-order valence-corrected chi connectivity index (χ2v) is 5.63. The topological polar surface area (TPSA) is 15.3 Å². The molecular weight excluding hydrogens is 184 g/mol. The fourth-order valence-corrected chi connectivity index (χ4v) is 3.04. The standard InChI is InChI=1S/C13H26N2/c1-11(2)6-8-14-12-7-10-15-9-4-3-5-13(12)15/h11-14H,3-10H2,1-2H3. The van der Waals surface area contributed by atoms with E-state index in [1.54, 1.807) is 0 Å². The first-order valence-electron chi connectivity index (χ1n) is 6.75. The Balaban J connectivity index is 1.73. The van der Waals surface area contributed by atoms with Crippen LogP contribution in [0.5, 0.6) is 0 Å². The van der Waals surface area contributed by atoms with Gasteiger partial charge in [0, 0.05) is 18.6 Å². The van der Waals surface area contributed by atoms with Gasteiger partial charge in [0.25, 0.3) is 0 Å². The van der Waals surface area contributed by atoms with Crippen molar-refractivity contribution < 1.29 is 0 Å². The lowest BCUT2D eigenvalue weighted by atomic mass is 9.99. The highest BCUT2D eigenvalue weighted by molar-refractivity contribution is 4.93. The minimum Gasteiger partial charge on any atom is -0.312 e. The van der Waals surface area contributed by atoms with Crippen LogP contribution in [-0.4, -0.2) is 36.6 Å². The predicted molar refractivity (Wildman–Crippen MR) is 65.1 cm³/mol. The van der Waals surface area contributed by atoms with E-state index < -0.39 is 0 Å². The van der Waals surface area contributed by atoms with Crippen LogP contribution in [0.2, 0.25) is 0 Å². The molecule has 2 saturated heterocycles. The van der Waals surface area contributed by atoms with Gasteiger partial charge in [0.1, 0.15) is 0 Å². The Bertz CT molecular complexity index is 191. The quantitative estimate of drug-likeness (QED) is 0.765. The Morgan fingerprint density at radius 2 is 2.07 bits per heavy atom. The number of nitrogens with zero attached hydrogens (tertiary/aromatic N) is 1. The van der Waals surface area contributed by atoms with Crippen molar-refractivity contribution in [2.75, 3.05) is 19.6 Å². The molecular formula is C13H26N2. The molecule has 0 aromatic rings. The summed E-state index contributed by atoms with van der Waals surface area (Å²) in [5.74, 6) is 0.835. The summed E-state index contributed by atoms with van der Waals surface area (Å²) in [7, 11) is 0. The van der Waals surface area contributed by atoms with Crippen LogP contribution in [0.3, 0.4) is 0 Å². The van der Waals surface area contributed by atoms with E-state index in [4.69, 9.17) is 0 Å². The summed E-state index contributed by atoms with van der Waals surface area (Å²) in [6.45, 7) is 8.52. The lowest BCUT2D eigenvalue weighted by Crippen LogP contribution is -2.45. The van der Waals surface area contributed by atoms with Gasteiger partial charge in [0.15, 0.2) is 0 Å². The van der Waals surface area contributed by atoms with E-state index >= 15 is 0 Å². The van der Waals surface area contributed by atoms with Crippen molar-refractivity contribution in [3.8, 4) is 0 Å². The zero-order chi connectivity index (χ0) is 10.7. The Labute approximate surface area is 94.4 Å². The third kappa shape index (κ3) is 2.94. The smallest absolute Gasteiger partial charge is 0.0249 e. The molecule has 2 atom stereocenters. The highest BCUT2D eigenvalue weighted by atomic mass is 15.2. The lowest BCUT2D eigenvalue weighted by Gasteiger charge is -2.32. The molecule has 88 valence electrons. The van der Waals surface area contributed by atoms with Gasteiger partial charge >= 0.3 is 0 Å². The number of hydrogen-bond donors (Lipinski definition) is 1. The minimum absolute atomic E-state index is 0.795. The summed E-state index contributed by atoms with van der Waals surface area (Å²) in [6, 6.07) is 1.66. The Hall–Kier alpha value is -0.0800. The lowest BCUT2D eigenvalue weighted by molar-refractivity contribution is 0.180. The van der Waals surface area contributed by atoms with Crippen molar-refractivity contribution in [2.45, 2.75) is 58.0 Å². The number of hydrogen-bond acceptors (Lipinski definition) is 2. The highest BCUT2D eigenvalue weighted by Gasteiger charge is 2.34. The van der Waals surface area contributed by atoms with E-state index in [9.17, 15) is 0 Å². The van der Waals surface area contributed by atoms with Crippen LogP contribution in [0, 0.1) is 5.92 Å². The molecule has 2 aliphatic heterocycles. The van der Waals surface area contributed by atoms with Crippen LogP contribution in [0.4, 0.5) is 0 Å². The highest BCUT2D eigenvalue weighted by Crippen LogP contribution is 2.27. The summed E-state index contributed by atoms with van der Waals surface area (Å²) in [5, 5.41) is 3.77. The van der Waals surface area contributed by atoms with E-state index in [2.05, 4.69) is 24.1 Å². The molecule has 2 unspecified atom stereocenters. The van der Waals surface area contributed by atoms with Gasteiger partial charge in [-0.05, 0) is 44.7 Å². The van der Waals surface area contributed by atoms with Crippen molar-refractivity contribution >= 4 is 0 Å². The zero-order valence-electron chi connectivity index (χ0n) is 10.3. The predicted octanol–water partition coefficient (Wildman–Crippen LogP) is 2.25. The number of rotatable bonds is 4. The molecule has 0 aromatic carbocycles. The molecule has 0 bridgehead atoms. The zero-order valence-corrected chi connectivity index (χ0v) is 10.3. The van der Waals surface area contributed by atoms with Crippen molar-refractivity contribution in [3.05, 3.63) is 0 Å². The van der Waals surface area contributed by atoms with Crippen LogP contribution in [0.1, 0.15) is 46.0 Å². The van der Waals surface area contributed by atoms with Gasteiger partial charge in [0.2, 0.25) is 0 Å². The van der Waals surface area contributed by atoms with Gasteiger partial charge in [-0.2, -0.15) is 0 Å². The van der Waals surface area contributed by atoms with Crippen LogP contribution >= 0.6 is 0 Å². The molecule has 0 aliphatic carbocycles. The van der Waals surface area contributed by atoms with Gasteiger partial charge in [-0.3, -0.25) is 4.90 Å². The van der Waals surface area contributed by atoms with Gasteiger partial charge < -0.3 is 5.32 Å². The fraction of sp³-hybridized carbons (Fsp3) is 1.00. The average Bonchev–Trinajstić information content (AvgIpc) is 2.62. The Morgan fingerprint density at radius 1 is 1.20 bits per heavy atom. The molecule has 0 aromatic heterocycles. The third-order valence-corrected chi connectivity index (χ3v) is 3.98. The number of fused-ring (bicyclic) bond motifs is 1. The molecule has 0 radical (unpaired) electrons. The SMILES string of the molecule is CC(C)CCNC1CCN2CCCCC12. The summed E-state index contributed by atoms with van der Waals surface area (Å²) in [4.78, 5) is 2.70. The van der Waals surface area contributed by atoms with Crippen LogP contribution in [-0.2, 0) is 0 Å². The van der Waals surface area contributed by atoms with Gasteiger partial charge in [-0.1, -0.05) is 20.3 Å². The summed E-state index contributed by atoms with van der Waals surface area (Å²) in [5.41, 5.74) is 0. The maximum absolute atomic E-state index is 3.77. The van der Waals surface area contributed by atoms with Crippen molar-refractivity contribution in [3.63, 3.8) is 0 Å². The molecule has 2 fully saturated rings. The van der Waals surface area contributed by atoms with E-state index in [-0.39, 0.29) is 0 Å². The molecule has 0 amide bonds. The summed E-state index contributed by atoms with van der Waals surface area (Å²) >= 11 is 0. The third-order valence-electron chi connectivity index (χ3n) is 3.98. The molecule has 2 heterocycles. The summed E-state index contributed by atoms with van der Waals surface area (Å²) in [6.07, 6.45) is 7.00. The molecule has 1 N–H and O–H groups in total. The van der Waals surface area contributed by atoms with Crippen LogP contribution in [0.25, 0.3) is 0 Å². The molecule has 2 aliphatic rings. The first-order valence-corrected chi connectivity index (χ1v) is 6.75. The maximum atomic E-state index is 3.77. The maximum Gasteiger partial charge on any atom is 0.0249 e. The first kappa shape index (κ1) is 11.4. The molecule has 2 rings (SSSR count). The van der Waals surface area contributed by atoms with Crippen LogP contribution in [0.15, 0.2) is 0 Å². The number of nitrogens with one attached hydrogen (secondary N) is 1. The van der Waals surface area contributed by atoms with E-state index in [1.807, 2.05) is 0 Å². The van der Waals surface area contributed by atoms with Gasteiger partial charge in [-0.15, -0.1) is 0 Å². The molecule has 0 saturated carbocycles. The molecule has 0 spiro atoms. The van der Waals surface area contributed by atoms with Crippen molar-refractivity contribution in [2.24, 2.45) is 5.92 Å². The van der Waals surface area contributed by atoms with E-state index in [1.165, 1.54) is 51.7 Å². The normalized spacial score (nSPS) is 32.2. The first-order chi connectivity index (χ1) is 7.27. The van der Waals surface area contributed by atoms with Crippen molar-refractivity contribution in [1.29, 1.82) is 0 Å². The minimum atomic E-state index is 0.795. The second-order valence-electron chi connectivity index (χ2n) is 5.63. The van der Waals surface area contributed by atoms with Gasteiger partial charge in [0.05, 0.1) is 0 Å². The Morgan fingerprint density at radius 3 is 2.87 bits per heavy atom. The van der Waals surface area contributed by atoms with Crippen molar-refractivity contribution in [1.82, 2.24) is 10.2 Å². The summed E-state index contributed by atoms with van der Waals surface area (Å²) < 4.78 is 0. The monoisotopic (exact) mass is 210 g/mol. The second kappa shape index (κ2) is 5.31. The Kier molecular flexibility index (Phi) is 4.04. The average molecular weight is 210 g/mol. The fourth-order valence-electron chi connectivity index (χ4n) is 3.04. The largest absolute Gasteiger partial charge is 0.312 e. The van der Waals surface area contributed by atoms with Gasteiger partial charge in [-0.25, -0.2) is 0 Å². The molecule has 2 nitrogen and oxygen atoms in total. The van der Waals surface area contributed by atoms with E-state index in [0.717, 1.165) is 18.0 Å². The molecule has 15 heavy (non-hydrogen) atoms. The molecule has 2 heteroatoms. The van der Waals surface area contributed by atoms with E-state index in [0.29, 0.717) is 0 Å².